The van der Waals surface area contributed by atoms with Gasteiger partial charge in [0.1, 0.15) is 17.3 Å². The summed E-state index contributed by atoms with van der Waals surface area (Å²) < 4.78 is 19.1. The number of ether oxygens (including phenoxy) is 1. The van der Waals surface area contributed by atoms with Gasteiger partial charge in [0.2, 0.25) is 0 Å². The average Bonchev–Trinajstić information content (AvgIpc) is 2.38. The van der Waals surface area contributed by atoms with Crippen molar-refractivity contribution >= 4 is 5.78 Å². The Balaban J connectivity index is 2.36. The third-order valence-corrected chi connectivity index (χ3v) is 2.87. The molecule has 0 saturated carbocycles. The number of aryl methyl sites for hydroxylation is 1. The molecule has 0 spiro atoms. The molecule has 0 aliphatic rings. The van der Waals surface area contributed by atoms with Gasteiger partial charge in [0.15, 0.2) is 5.78 Å². The van der Waals surface area contributed by atoms with Crippen molar-refractivity contribution in [3.63, 3.8) is 0 Å². The zero-order valence-corrected chi connectivity index (χ0v) is 11.3. The highest BCUT2D eigenvalue weighted by Gasteiger charge is 2.19. The first-order valence-electron chi connectivity index (χ1n) is 6.29. The minimum atomic E-state index is -0.721. The molecule has 2 aromatic rings. The van der Waals surface area contributed by atoms with Crippen molar-refractivity contribution in [2.75, 3.05) is 6.61 Å². The smallest absolute Gasteiger partial charge is 0.199 e. The molecule has 0 atom stereocenters. The standard InChI is InChI=1S/C16H15FO3/c1-3-20-12-6-4-11(5-7-12)16(19)15-13(17)8-10(2)9-14(15)18/h4-9,18H,3H2,1-2H3. The van der Waals surface area contributed by atoms with Crippen LogP contribution in [0.25, 0.3) is 0 Å². The Morgan fingerprint density at radius 2 is 1.90 bits per heavy atom. The van der Waals surface area contributed by atoms with Gasteiger partial charge >= 0.3 is 0 Å². The summed E-state index contributed by atoms with van der Waals surface area (Å²) >= 11 is 0. The first kappa shape index (κ1) is 14.1. The minimum Gasteiger partial charge on any atom is -0.507 e. The van der Waals surface area contributed by atoms with E-state index in [1.807, 2.05) is 6.92 Å². The molecule has 0 heterocycles. The number of phenols is 1. The summed E-state index contributed by atoms with van der Waals surface area (Å²) in [5.74, 6) is -0.983. The van der Waals surface area contributed by atoms with Crippen LogP contribution in [0.2, 0.25) is 0 Å². The maximum atomic E-state index is 13.8. The van der Waals surface area contributed by atoms with E-state index in [4.69, 9.17) is 4.74 Å². The highest BCUT2D eigenvalue weighted by molar-refractivity contribution is 6.10. The Labute approximate surface area is 116 Å². The van der Waals surface area contributed by atoms with E-state index < -0.39 is 11.6 Å². The molecule has 0 radical (unpaired) electrons. The van der Waals surface area contributed by atoms with Crippen LogP contribution in [0.5, 0.6) is 11.5 Å². The average molecular weight is 274 g/mol. The predicted molar refractivity (Wildman–Crippen MR) is 73.8 cm³/mol. The van der Waals surface area contributed by atoms with Crippen LogP contribution >= 0.6 is 0 Å². The van der Waals surface area contributed by atoms with Gasteiger partial charge in [0, 0.05) is 5.56 Å². The fraction of sp³-hybridized carbons (Fsp3) is 0.188. The van der Waals surface area contributed by atoms with E-state index in [9.17, 15) is 14.3 Å². The van der Waals surface area contributed by atoms with Gasteiger partial charge in [-0.15, -0.1) is 0 Å². The number of carbonyl (C=O) groups is 1. The lowest BCUT2D eigenvalue weighted by Crippen LogP contribution is -2.05. The monoisotopic (exact) mass is 274 g/mol. The zero-order chi connectivity index (χ0) is 14.7. The normalized spacial score (nSPS) is 10.3. The second kappa shape index (κ2) is 5.74. The van der Waals surface area contributed by atoms with Crippen LogP contribution in [0.4, 0.5) is 4.39 Å². The first-order valence-corrected chi connectivity index (χ1v) is 6.29. The number of hydrogen-bond donors (Lipinski definition) is 1. The molecule has 0 amide bonds. The fourth-order valence-corrected chi connectivity index (χ4v) is 1.96. The second-order valence-corrected chi connectivity index (χ2v) is 4.43. The number of aromatic hydroxyl groups is 1. The van der Waals surface area contributed by atoms with Crippen molar-refractivity contribution in [3.8, 4) is 11.5 Å². The molecule has 0 aliphatic heterocycles. The van der Waals surface area contributed by atoms with Crippen molar-refractivity contribution in [2.45, 2.75) is 13.8 Å². The fourth-order valence-electron chi connectivity index (χ4n) is 1.96. The first-order chi connectivity index (χ1) is 9.52. The number of rotatable bonds is 4. The molecule has 1 N–H and O–H groups in total. The molecule has 104 valence electrons. The van der Waals surface area contributed by atoms with E-state index in [1.54, 1.807) is 31.2 Å². The Kier molecular flexibility index (Phi) is 4.03. The molecule has 0 fully saturated rings. The van der Waals surface area contributed by atoms with Gasteiger partial charge in [-0.2, -0.15) is 0 Å². The Morgan fingerprint density at radius 3 is 2.45 bits per heavy atom. The summed E-state index contributed by atoms with van der Waals surface area (Å²) in [5.41, 5.74) is 0.550. The predicted octanol–water partition coefficient (Wildman–Crippen LogP) is 3.47. The maximum absolute atomic E-state index is 13.8. The summed E-state index contributed by atoms with van der Waals surface area (Å²) in [4.78, 5) is 12.2. The van der Waals surface area contributed by atoms with E-state index in [0.29, 0.717) is 23.5 Å². The summed E-state index contributed by atoms with van der Waals surface area (Å²) in [6.45, 7) is 4.04. The van der Waals surface area contributed by atoms with Gasteiger partial charge in [0.05, 0.1) is 12.2 Å². The number of benzene rings is 2. The van der Waals surface area contributed by atoms with E-state index in [1.165, 1.54) is 12.1 Å². The molecule has 2 aromatic carbocycles. The lowest BCUT2D eigenvalue weighted by Gasteiger charge is -2.08. The summed E-state index contributed by atoms with van der Waals surface area (Å²) in [5, 5.41) is 9.76. The number of halogens is 1. The van der Waals surface area contributed by atoms with Crippen molar-refractivity contribution in [1.29, 1.82) is 0 Å². The third-order valence-electron chi connectivity index (χ3n) is 2.87. The molecular weight excluding hydrogens is 259 g/mol. The van der Waals surface area contributed by atoms with E-state index >= 15 is 0 Å². The van der Waals surface area contributed by atoms with E-state index in [2.05, 4.69) is 0 Å². The number of hydrogen-bond acceptors (Lipinski definition) is 3. The van der Waals surface area contributed by atoms with Crippen LogP contribution in [0, 0.1) is 12.7 Å². The van der Waals surface area contributed by atoms with E-state index in [-0.39, 0.29) is 11.3 Å². The van der Waals surface area contributed by atoms with Crippen LogP contribution in [-0.4, -0.2) is 17.5 Å². The Hall–Kier alpha value is -2.36. The minimum absolute atomic E-state index is 0.298. The van der Waals surface area contributed by atoms with Crippen molar-refractivity contribution in [3.05, 3.63) is 58.9 Å². The summed E-state index contributed by atoms with van der Waals surface area (Å²) in [6.07, 6.45) is 0. The third kappa shape index (κ3) is 2.79. The molecule has 3 nitrogen and oxygen atoms in total. The topological polar surface area (TPSA) is 46.5 Å². The van der Waals surface area contributed by atoms with Gasteiger partial charge in [0.25, 0.3) is 0 Å². The molecule has 0 bridgehead atoms. The molecule has 2 rings (SSSR count). The lowest BCUT2D eigenvalue weighted by molar-refractivity contribution is 0.103. The van der Waals surface area contributed by atoms with Gasteiger partial charge in [-0.1, -0.05) is 0 Å². The summed E-state index contributed by atoms with van der Waals surface area (Å²) in [6, 6.07) is 8.96. The molecule has 0 aromatic heterocycles. The van der Waals surface area contributed by atoms with Crippen LogP contribution < -0.4 is 4.74 Å². The molecular formula is C16H15FO3. The molecule has 20 heavy (non-hydrogen) atoms. The van der Waals surface area contributed by atoms with Crippen LogP contribution in [0.1, 0.15) is 28.4 Å². The van der Waals surface area contributed by atoms with Crippen LogP contribution in [0.15, 0.2) is 36.4 Å². The van der Waals surface area contributed by atoms with Gasteiger partial charge in [-0.3, -0.25) is 4.79 Å². The highest BCUT2D eigenvalue weighted by atomic mass is 19.1. The van der Waals surface area contributed by atoms with Crippen LogP contribution in [0.3, 0.4) is 0 Å². The molecule has 0 aliphatic carbocycles. The molecule has 0 saturated heterocycles. The van der Waals surface area contributed by atoms with Gasteiger partial charge in [-0.05, 0) is 55.8 Å². The molecule has 4 heteroatoms. The second-order valence-electron chi connectivity index (χ2n) is 4.43. The lowest BCUT2D eigenvalue weighted by atomic mass is 10.0. The quantitative estimate of drug-likeness (QED) is 0.868. The van der Waals surface area contributed by atoms with Gasteiger partial charge < -0.3 is 9.84 Å². The zero-order valence-electron chi connectivity index (χ0n) is 11.3. The largest absolute Gasteiger partial charge is 0.507 e. The Bertz CT molecular complexity index is 610. The van der Waals surface area contributed by atoms with Gasteiger partial charge in [-0.25, -0.2) is 4.39 Å². The van der Waals surface area contributed by atoms with Crippen molar-refractivity contribution in [1.82, 2.24) is 0 Å². The molecule has 0 unspecified atom stereocenters. The highest BCUT2D eigenvalue weighted by Crippen LogP contribution is 2.26. The van der Waals surface area contributed by atoms with Crippen molar-refractivity contribution < 1.29 is 19.0 Å². The van der Waals surface area contributed by atoms with Crippen LogP contribution in [-0.2, 0) is 0 Å². The maximum Gasteiger partial charge on any atom is 0.199 e. The SMILES string of the molecule is CCOc1ccc(C(=O)c2c(O)cc(C)cc2F)cc1. The Morgan fingerprint density at radius 1 is 1.25 bits per heavy atom. The van der Waals surface area contributed by atoms with Crippen molar-refractivity contribution in [2.24, 2.45) is 0 Å². The number of phenolic OH excluding ortho intramolecular Hbond substituents is 1. The number of carbonyl (C=O) groups excluding carboxylic acids is 1. The van der Waals surface area contributed by atoms with E-state index in [0.717, 1.165) is 0 Å². The number of ketones is 1. The summed E-state index contributed by atoms with van der Waals surface area (Å²) in [7, 11) is 0.